The molecule has 0 aliphatic carbocycles. The molecule has 0 aromatic heterocycles. The molecule has 0 atom stereocenters. The largest absolute Gasteiger partial charge is 0.355 e. The van der Waals surface area contributed by atoms with Crippen LogP contribution in [-0.4, -0.2) is 60.9 Å². The van der Waals surface area contributed by atoms with Gasteiger partial charge < -0.3 is 10.2 Å². The SMILES string of the molecule is CCCNC(=O)CN1CCN(C(=O)/C=C/c2ccc(F)cc2)CC1. The third kappa shape index (κ3) is 5.77. The van der Waals surface area contributed by atoms with Crippen LogP contribution in [0, 0.1) is 5.82 Å². The molecular weight excluding hydrogens is 309 g/mol. The molecule has 0 spiro atoms. The Labute approximate surface area is 142 Å². The predicted octanol–water partition coefficient (Wildman–Crippen LogP) is 1.51. The molecule has 2 amide bonds. The minimum atomic E-state index is -0.294. The van der Waals surface area contributed by atoms with Gasteiger partial charge in [0.05, 0.1) is 6.54 Å². The summed E-state index contributed by atoms with van der Waals surface area (Å²) in [5.74, 6) is -0.320. The van der Waals surface area contributed by atoms with Gasteiger partial charge in [0.1, 0.15) is 5.82 Å². The number of rotatable bonds is 6. The highest BCUT2D eigenvalue weighted by Crippen LogP contribution is 2.07. The molecule has 0 radical (unpaired) electrons. The second kappa shape index (κ2) is 9.17. The van der Waals surface area contributed by atoms with Gasteiger partial charge in [-0.2, -0.15) is 0 Å². The van der Waals surface area contributed by atoms with E-state index in [9.17, 15) is 14.0 Å². The Balaban J connectivity index is 1.76. The van der Waals surface area contributed by atoms with Gasteiger partial charge in [-0.1, -0.05) is 19.1 Å². The van der Waals surface area contributed by atoms with Crippen molar-refractivity contribution in [3.63, 3.8) is 0 Å². The number of nitrogens with one attached hydrogen (secondary N) is 1. The predicted molar refractivity (Wildman–Crippen MR) is 91.8 cm³/mol. The van der Waals surface area contributed by atoms with Crippen LogP contribution in [0.3, 0.4) is 0 Å². The molecule has 1 aliphatic heterocycles. The average Bonchev–Trinajstić information content (AvgIpc) is 2.60. The lowest BCUT2D eigenvalue weighted by Crippen LogP contribution is -2.50. The molecule has 6 heteroatoms. The normalized spacial score (nSPS) is 15.7. The van der Waals surface area contributed by atoms with Crippen LogP contribution >= 0.6 is 0 Å². The number of hydrogen-bond donors (Lipinski definition) is 1. The van der Waals surface area contributed by atoms with E-state index >= 15 is 0 Å². The zero-order valence-electron chi connectivity index (χ0n) is 14.0. The Morgan fingerprint density at radius 3 is 2.46 bits per heavy atom. The van der Waals surface area contributed by atoms with Gasteiger partial charge in [-0.15, -0.1) is 0 Å². The first kappa shape index (κ1) is 18.1. The maximum atomic E-state index is 12.8. The zero-order chi connectivity index (χ0) is 17.4. The molecule has 130 valence electrons. The van der Waals surface area contributed by atoms with Crippen molar-refractivity contribution in [1.82, 2.24) is 15.1 Å². The van der Waals surface area contributed by atoms with Crippen molar-refractivity contribution >= 4 is 17.9 Å². The van der Waals surface area contributed by atoms with Gasteiger partial charge in [0, 0.05) is 38.8 Å². The van der Waals surface area contributed by atoms with Crippen LogP contribution < -0.4 is 5.32 Å². The Morgan fingerprint density at radius 2 is 1.83 bits per heavy atom. The molecule has 1 fully saturated rings. The van der Waals surface area contributed by atoms with Crippen LogP contribution in [0.5, 0.6) is 0 Å². The number of benzene rings is 1. The quantitative estimate of drug-likeness (QED) is 0.803. The van der Waals surface area contributed by atoms with Gasteiger partial charge in [-0.25, -0.2) is 4.39 Å². The second-order valence-corrected chi connectivity index (χ2v) is 5.84. The smallest absolute Gasteiger partial charge is 0.246 e. The molecule has 1 aromatic rings. The lowest BCUT2D eigenvalue weighted by molar-refractivity contribution is -0.128. The summed E-state index contributed by atoms with van der Waals surface area (Å²) >= 11 is 0. The molecule has 1 heterocycles. The molecule has 1 saturated heterocycles. The van der Waals surface area contributed by atoms with Crippen molar-refractivity contribution < 1.29 is 14.0 Å². The van der Waals surface area contributed by atoms with Crippen LogP contribution in [0.15, 0.2) is 30.3 Å². The number of halogens is 1. The minimum Gasteiger partial charge on any atom is -0.355 e. The number of carbonyl (C=O) groups is 2. The molecule has 1 N–H and O–H groups in total. The van der Waals surface area contributed by atoms with E-state index in [0.717, 1.165) is 12.0 Å². The Bertz CT molecular complexity index is 578. The lowest BCUT2D eigenvalue weighted by atomic mass is 10.2. The van der Waals surface area contributed by atoms with E-state index in [2.05, 4.69) is 10.2 Å². The Kier molecular flexibility index (Phi) is 6.93. The fourth-order valence-electron chi connectivity index (χ4n) is 2.50. The van der Waals surface area contributed by atoms with Crippen molar-refractivity contribution in [2.24, 2.45) is 0 Å². The van der Waals surface area contributed by atoms with Crippen LogP contribution in [-0.2, 0) is 9.59 Å². The van der Waals surface area contributed by atoms with Crippen molar-refractivity contribution in [1.29, 1.82) is 0 Å². The number of piperazine rings is 1. The zero-order valence-corrected chi connectivity index (χ0v) is 14.0. The van der Waals surface area contributed by atoms with Gasteiger partial charge in [0.25, 0.3) is 0 Å². The average molecular weight is 333 g/mol. The maximum Gasteiger partial charge on any atom is 0.246 e. The van der Waals surface area contributed by atoms with E-state index < -0.39 is 0 Å². The van der Waals surface area contributed by atoms with Crippen LogP contribution in [0.1, 0.15) is 18.9 Å². The standard InChI is InChI=1S/C18H24FN3O2/c1-2-9-20-17(23)14-21-10-12-22(13-11-21)18(24)8-5-15-3-6-16(19)7-4-15/h3-8H,2,9-14H2,1H3,(H,20,23)/b8-5+. The lowest BCUT2D eigenvalue weighted by Gasteiger charge is -2.33. The van der Waals surface area contributed by atoms with E-state index in [1.165, 1.54) is 18.2 Å². The number of amides is 2. The fraction of sp³-hybridized carbons (Fsp3) is 0.444. The van der Waals surface area contributed by atoms with E-state index in [0.29, 0.717) is 39.3 Å². The first-order valence-electron chi connectivity index (χ1n) is 8.30. The highest BCUT2D eigenvalue weighted by atomic mass is 19.1. The van der Waals surface area contributed by atoms with Crippen molar-refractivity contribution in [2.45, 2.75) is 13.3 Å². The summed E-state index contributed by atoms with van der Waals surface area (Å²) in [7, 11) is 0. The number of nitrogens with zero attached hydrogens (tertiary/aromatic N) is 2. The van der Waals surface area contributed by atoms with Crippen LogP contribution in [0.25, 0.3) is 6.08 Å². The van der Waals surface area contributed by atoms with Crippen LogP contribution in [0.4, 0.5) is 4.39 Å². The minimum absolute atomic E-state index is 0.0350. The molecule has 24 heavy (non-hydrogen) atoms. The second-order valence-electron chi connectivity index (χ2n) is 5.84. The van der Waals surface area contributed by atoms with Gasteiger partial charge in [0.15, 0.2) is 0 Å². The monoisotopic (exact) mass is 333 g/mol. The number of carbonyl (C=O) groups excluding carboxylic acids is 2. The summed E-state index contributed by atoms with van der Waals surface area (Å²) in [4.78, 5) is 27.7. The van der Waals surface area contributed by atoms with E-state index in [1.54, 1.807) is 23.1 Å². The summed E-state index contributed by atoms with van der Waals surface area (Å²) < 4.78 is 12.8. The van der Waals surface area contributed by atoms with E-state index in [-0.39, 0.29) is 17.6 Å². The summed E-state index contributed by atoms with van der Waals surface area (Å²) in [6.45, 7) is 5.69. The van der Waals surface area contributed by atoms with E-state index in [1.807, 2.05) is 6.92 Å². The fourth-order valence-corrected chi connectivity index (χ4v) is 2.50. The van der Waals surface area contributed by atoms with E-state index in [4.69, 9.17) is 0 Å². The van der Waals surface area contributed by atoms with Gasteiger partial charge in [-0.05, 0) is 30.2 Å². The third-order valence-electron chi connectivity index (χ3n) is 3.91. The van der Waals surface area contributed by atoms with Gasteiger partial charge in [0.2, 0.25) is 11.8 Å². The molecule has 5 nitrogen and oxygen atoms in total. The van der Waals surface area contributed by atoms with Crippen LogP contribution in [0.2, 0.25) is 0 Å². The van der Waals surface area contributed by atoms with Gasteiger partial charge in [-0.3, -0.25) is 14.5 Å². The van der Waals surface area contributed by atoms with Gasteiger partial charge >= 0.3 is 0 Å². The summed E-state index contributed by atoms with van der Waals surface area (Å²) in [5, 5.41) is 2.86. The Hall–Kier alpha value is -2.21. The molecule has 1 aromatic carbocycles. The summed E-state index contributed by atoms with van der Waals surface area (Å²) in [6.07, 6.45) is 4.12. The molecule has 2 rings (SSSR count). The Morgan fingerprint density at radius 1 is 1.17 bits per heavy atom. The molecule has 0 bridgehead atoms. The molecular formula is C18H24FN3O2. The topological polar surface area (TPSA) is 52.7 Å². The molecule has 0 unspecified atom stereocenters. The van der Waals surface area contributed by atoms with Crippen molar-refractivity contribution in [3.05, 3.63) is 41.7 Å². The molecule has 1 aliphatic rings. The number of hydrogen-bond acceptors (Lipinski definition) is 3. The van der Waals surface area contributed by atoms with Crippen molar-refractivity contribution in [2.75, 3.05) is 39.3 Å². The molecule has 0 saturated carbocycles. The first-order chi connectivity index (χ1) is 11.6. The first-order valence-corrected chi connectivity index (χ1v) is 8.30. The maximum absolute atomic E-state index is 12.8. The highest BCUT2D eigenvalue weighted by Gasteiger charge is 2.20. The summed E-state index contributed by atoms with van der Waals surface area (Å²) in [5.41, 5.74) is 0.788. The summed E-state index contributed by atoms with van der Waals surface area (Å²) in [6, 6.07) is 6.00. The third-order valence-corrected chi connectivity index (χ3v) is 3.91. The highest BCUT2D eigenvalue weighted by molar-refractivity contribution is 5.91. The van der Waals surface area contributed by atoms with Crippen molar-refractivity contribution in [3.8, 4) is 0 Å².